The Hall–Kier alpha value is -0.860. The van der Waals surface area contributed by atoms with Crippen molar-refractivity contribution in [2.75, 3.05) is 0 Å². The Kier molecular flexibility index (Phi) is 5.27. The van der Waals surface area contributed by atoms with Crippen molar-refractivity contribution >= 4 is 12.1 Å². The molecular weight excluding hydrogens is 176 g/mol. The van der Waals surface area contributed by atoms with Crippen molar-refractivity contribution in [3.8, 4) is 0 Å². The fraction of sp³-hybridized carbons (Fsp3) is 0.818. The number of carbonyl (C=O) groups excluding carboxylic acids is 1. The fourth-order valence-corrected chi connectivity index (χ4v) is 1.27. The zero-order chi connectivity index (χ0) is 10.2. The third-order valence-corrected chi connectivity index (χ3v) is 2.40. The zero-order valence-corrected chi connectivity index (χ0v) is 8.96. The largest absolute Gasteiger partial charge is 0.273 e. The summed E-state index contributed by atoms with van der Waals surface area (Å²) in [5.74, 6) is 0.349. The SMILES string of the molecule is CCCCCC/C=N/NC(=O)C1CC1. The number of hydrazone groups is 1. The lowest BCUT2D eigenvalue weighted by molar-refractivity contribution is -0.122. The van der Waals surface area contributed by atoms with Crippen molar-refractivity contribution in [2.24, 2.45) is 11.0 Å². The van der Waals surface area contributed by atoms with Crippen molar-refractivity contribution < 1.29 is 4.79 Å². The first-order valence-electron chi connectivity index (χ1n) is 5.66. The van der Waals surface area contributed by atoms with Crippen LogP contribution in [0.5, 0.6) is 0 Å². The maximum Gasteiger partial charge on any atom is 0.243 e. The number of hydrogen-bond acceptors (Lipinski definition) is 2. The molecule has 0 aromatic heterocycles. The predicted molar refractivity (Wildman–Crippen MR) is 58.1 cm³/mol. The summed E-state index contributed by atoms with van der Waals surface area (Å²) in [7, 11) is 0. The Labute approximate surface area is 86.0 Å². The van der Waals surface area contributed by atoms with Gasteiger partial charge in [0.2, 0.25) is 5.91 Å². The number of carbonyl (C=O) groups is 1. The molecule has 1 fully saturated rings. The molecule has 0 aromatic rings. The second-order valence-corrected chi connectivity index (χ2v) is 3.91. The first-order valence-corrected chi connectivity index (χ1v) is 5.66. The number of amides is 1. The highest BCUT2D eigenvalue weighted by Crippen LogP contribution is 2.28. The van der Waals surface area contributed by atoms with Crippen molar-refractivity contribution in [1.29, 1.82) is 0 Å². The fourth-order valence-electron chi connectivity index (χ4n) is 1.27. The third kappa shape index (κ3) is 5.00. The van der Waals surface area contributed by atoms with Crippen LogP contribution in [-0.2, 0) is 4.79 Å². The van der Waals surface area contributed by atoms with Gasteiger partial charge in [0.25, 0.3) is 0 Å². The van der Waals surface area contributed by atoms with Crippen LogP contribution in [0.1, 0.15) is 51.9 Å². The Morgan fingerprint density at radius 2 is 2.21 bits per heavy atom. The zero-order valence-electron chi connectivity index (χ0n) is 8.96. The molecule has 0 saturated heterocycles. The van der Waals surface area contributed by atoms with Crippen molar-refractivity contribution in [3.05, 3.63) is 0 Å². The van der Waals surface area contributed by atoms with Crippen molar-refractivity contribution in [1.82, 2.24) is 5.43 Å². The lowest BCUT2D eigenvalue weighted by Gasteiger charge is -1.96. The van der Waals surface area contributed by atoms with E-state index < -0.39 is 0 Å². The topological polar surface area (TPSA) is 41.5 Å². The van der Waals surface area contributed by atoms with Gasteiger partial charge in [-0.25, -0.2) is 5.43 Å². The average Bonchev–Trinajstić information content (AvgIpc) is 2.99. The van der Waals surface area contributed by atoms with Gasteiger partial charge in [0.1, 0.15) is 0 Å². The lowest BCUT2D eigenvalue weighted by atomic mass is 10.2. The summed E-state index contributed by atoms with van der Waals surface area (Å²) in [6.45, 7) is 2.20. The number of hydrogen-bond donors (Lipinski definition) is 1. The van der Waals surface area contributed by atoms with E-state index in [-0.39, 0.29) is 11.8 Å². The van der Waals surface area contributed by atoms with Gasteiger partial charge in [0, 0.05) is 12.1 Å². The highest BCUT2D eigenvalue weighted by Gasteiger charge is 2.29. The van der Waals surface area contributed by atoms with Gasteiger partial charge in [-0.1, -0.05) is 26.2 Å². The molecule has 3 nitrogen and oxygen atoms in total. The first-order chi connectivity index (χ1) is 6.84. The van der Waals surface area contributed by atoms with Gasteiger partial charge in [-0.05, 0) is 25.7 Å². The van der Waals surface area contributed by atoms with Crippen LogP contribution in [0.15, 0.2) is 5.10 Å². The van der Waals surface area contributed by atoms with E-state index in [0.29, 0.717) is 0 Å². The highest BCUT2D eigenvalue weighted by atomic mass is 16.2. The van der Waals surface area contributed by atoms with Gasteiger partial charge in [0.15, 0.2) is 0 Å². The molecular formula is C11H20N2O. The minimum Gasteiger partial charge on any atom is -0.273 e. The Morgan fingerprint density at radius 3 is 2.86 bits per heavy atom. The highest BCUT2D eigenvalue weighted by molar-refractivity contribution is 5.81. The monoisotopic (exact) mass is 196 g/mol. The van der Waals surface area contributed by atoms with Gasteiger partial charge >= 0.3 is 0 Å². The normalized spacial score (nSPS) is 16.1. The van der Waals surface area contributed by atoms with Gasteiger partial charge in [-0.2, -0.15) is 5.10 Å². The summed E-state index contributed by atoms with van der Waals surface area (Å²) in [5.41, 5.74) is 2.57. The molecule has 1 saturated carbocycles. The summed E-state index contributed by atoms with van der Waals surface area (Å²) in [6, 6.07) is 0. The molecule has 1 aliphatic rings. The standard InChI is InChI=1S/C11H20N2O/c1-2-3-4-5-6-9-12-13-11(14)10-7-8-10/h9-10H,2-8H2,1H3,(H,13,14)/b12-9+. The second kappa shape index (κ2) is 6.57. The summed E-state index contributed by atoms with van der Waals surface area (Å²) in [4.78, 5) is 11.1. The van der Waals surface area contributed by atoms with E-state index in [4.69, 9.17) is 0 Å². The molecule has 0 spiro atoms. The Balaban J connectivity index is 1.89. The van der Waals surface area contributed by atoms with Crippen LogP contribution < -0.4 is 5.43 Å². The minimum atomic E-state index is 0.0924. The van der Waals surface area contributed by atoms with Gasteiger partial charge in [0.05, 0.1) is 0 Å². The first kappa shape index (κ1) is 11.2. The van der Waals surface area contributed by atoms with Crippen LogP contribution >= 0.6 is 0 Å². The molecule has 80 valence electrons. The summed E-state index contributed by atoms with van der Waals surface area (Å²) in [6.07, 6.45) is 9.87. The minimum absolute atomic E-state index is 0.0924. The predicted octanol–water partition coefficient (Wildman–Crippen LogP) is 2.47. The molecule has 1 N–H and O–H groups in total. The van der Waals surface area contributed by atoms with Crippen LogP contribution in [-0.4, -0.2) is 12.1 Å². The van der Waals surface area contributed by atoms with Crippen LogP contribution in [0, 0.1) is 5.92 Å². The number of rotatable bonds is 7. The molecule has 14 heavy (non-hydrogen) atoms. The third-order valence-electron chi connectivity index (χ3n) is 2.40. The maximum absolute atomic E-state index is 11.1. The summed E-state index contributed by atoms with van der Waals surface area (Å²) >= 11 is 0. The van der Waals surface area contributed by atoms with Gasteiger partial charge in [-0.15, -0.1) is 0 Å². The van der Waals surface area contributed by atoms with E-state index >= 15 is 0 Å². The van der Waals surface area contributed by atoms with Crippen LogP contribution in [0.4, 0.5) is 0 Å². The van der Waals surface area contributed by atoms with E-state index in [1.165, 1.54) is 25.7 Å². The summed E-state index contributed by atoms with van der Waals surface area (Å²) < 4.78 is 0. The van der Waals surface area contributed by atoms with Crippen LogP contribution in [0.3, 0.4) is 0 Å². The van der Waals surface area contributed by atoms with Crippen LogP contribution in [0.25, 0.3) is 0 Å². The van der Waals surface area contributed by atoms with Crippen molar-refractivity contribution in [3.63, 3.8) is 0 Å². The van der Waals surface area contributed by atoms with E-state index in [1.807, 2.05) is 6.21 Å². The van der Waals surface area contributed by atoms with Crippen LogP contribution in [0.2, 0.25) is 0 Å². The smallest absolute Gasteiger partial charge is 0.243 e. The Morgan fingerprint density at radius 1 is 1.43 bits per heavy atom. The summed E-state index contributed by atoms with van der Waals surface area (Å²) in [5, 5.41) is 3.91. The van der Waals surface area contributed by atoms with E-state index in [1.54, 1.807) is 0 Å². The molecule has 1 rings (SSSR count). The molecule has 0 aliphatic heterocycles. The van der Waals surface area contributed by atoms with Gasteiger partial charge < -0.3 is 0 Å². The molecule has 1 aliphatic carbocycles. The Bertz CT molecular complexity index is 197. The van der Waals surface area contributed by atoms with E-state index in [2.05, 4.69) is 17.5 Å². The maximum atomic E-state index is 11.1. The number of unbranched alkanes of at least 4 members (excludes halogenated alkanes) is 4. The van der Waals surface area contributed by atoms with E-state index in [9.17, 15) is 4.79 Å². The quantitative estimate of drug-likeness (QED) is 0.379. The molecule has 0 radical (unpaired) electrons. The molecule has 3 heteroatoms. The van der Waals surface area contributed by atoms with Crippen molar-refractivity contribution in [2.45, 2.75) is 51.9 Å². The second-order valence-electron chi connectivity index (χ2n) is 3.91. The molecule has 0 heterocycles. The molecule has 1 amide bonds. The number of nitrogens with zero attached hydrogens (tertiary/aromatic N) is 1. The molecule has 0 atom stereocenters. The van der Waals surface area contributed by atoms with E-state index in [0.717, 1.165) is 19.3 Å². The van der Waals surface area contributed by atoms with Gasteiger partial charge in [-0.3, -0.25) is 4.79 Å². The number of nitrogens with one attached hydrogen (secondary N) is 1. The average molecular weight is 196 g/mol. The molecule has 0 bridgehead atoms. The lowest BCUT2D eigenvalue weighted by Crippen LogP contribution is -2.18. The molecule has 0 aromatic carbocycles. The molecule has 0 unspecified atom stereocenters.